The molecule has 3 heteroatoms. The van der Waals surface area contributed by atoms with Crippen molar-refractivity contribution in [1.29, 1.82) is 0 Å². The van der Waals surface area contributed by atoms with Gasteiger partial charge in [0.15, 0.2) is 0 Å². The quantitative estimate of drug-likeness (QED) is 0.494. The fraction of sp³-hybridized carbons (Fsp3) is 1.00. The lowest BCUT2D eigenvalue weighted by molar-refractivity contribution is 0.0646. The summed E-state index contributed by atoms with van der Waals surface area (Å²) >= 11 is 0. The average molecular weight is 130 g/mol. The van der Waals surface area contributed by atoms with Gasteiger partial charge in [0.2, 0.25) is 0 Å². The highest BCUT2D eigenvalue weighted by atomic mass is 16.5. The number of methoxy groups -OCH3 is 1. The Morgan fingerprint density at radius 1 is 1.67 bits per heavy atom. The molecule has 0 bridgehead atoms. The molecule has 1 heterocycles. The Morgan fingerprint density at radius 3 is 2.89 bits per heavy atom. The maximum absolute atomic E-state index is 5.72. The second kappa shape index (κ2) is 3.15. The van der Waals surface area contributed by atoms with Crippen molar-refractivity contribution in [2.45, 2.75) is 18.6 Å². The molecule has 3 nitrogen and oxygen atoms in total. The molecule has 0 spiro atoms. The Hall–Kier alpha value is -0.120. The zero-order valence-electron chi connectivity index (χ0n) is 5.76. The second-order valence-corrected chi connectivity index (χ2v) is 2.43. The normalized spacial score (nSPS) is 36.7. The van der Waals surface area contributed by atoms with E-state index in [2.05, 4.69) is 5.32 Å². The lowest BCUT2D eigenvalue weighted by Crippen LogP contribution is -2.49. The molecule has 2 atom stereocenters. The SMILES string of the molecule is COC1CNCCC1N. The summed E-state index contributed by atoms with van der Waals surface area (Å²) in [7, 11) is 1.71. The first-order valence-corrected chi connectivity index (χ1v) is 3.33. The number of nitrogens with one attached hydrogen (secondary N) is 1. The first-order chi connectivity index (χ1) is 4.34. The second-order valence-electron chi connectivity index (χ2n) is 2.43. The van der Waals surface area contributed by atoms with Crippen molar-refractivity contribution in [3.63, 3.8) is 0 Å². The molecule has 0 aromatic carbocycles. The molecule has 9 heavy (non-hydrogen) atoms. The fourth-order valence-electron chi connectivity index (χ4n) is 1.11. The molecule has 0 aromatic heterocycles. The molecule has 0 aliphatic carbocycles. The van der Waals surface area contributed by atoms with E-state index in [9.17, 15) is 0 Å². The molecule has 0 amide bonds. The molecule has 1 aliphatic rings. The molecular weight excluding hydrogens is 116 g/mol. The predicted octanol–water partition coefficient (Wildman–Crippen LogP) is -0.678. The third-order valence-corrected chi connectivity index (χ3v) is 1.78. The summed E-state index contributed by atoms with van der Waals surface area (Å²) in [5.41, 5.74) is 5.72. The Kier molecular flexibility index (Phi) is 2.45. The number of hydrogen-bond donors (Lipinski definition) is 2. The largest absolute Gasteiger partial charge is 0.379 e. The lowest BCUT2D eigenvalue weighted by Gasteiger charge is -2.27. The van der Waals surface area contributed by atoms with E-state index >= 15 is 0 Å². The predicted molar refractivity (Wildman–Crippen MR) is 36.3 cm³/mol. The summed E-state index contributed by atoms with van der Waals surface area (Å²) in [6.07, 6.45) is 1.25. The summed E-state index contributed by atoms with van der Waals surface area (Å²) in [4.78, 5) is 0. The first-order valence-electron chi connectivity index (χ1n) is 3.33. The van der Waals surface area contributed by atoms with Crippen molar-refractivity contribution in [2.24, 2.45) is 5.73 Å². The van der Waals surface area contributed by atoms with E-state index < -0.39 is 0 Å². The third kappa shape index (κ3) is 1.64. The molecule has 2 unspecified atom stereocenters. The van der Waals surface area contributed by atoms with Crippen molar-refractivity contribution in [2.75, 3.05) is 20.2 Å². The van der Waals surface area contributed by atoms with E-state index in [4.69, 9.17) is 10.5 Å². The maximum Gasteiger partial charge on any atom is 0.0846 e. The minimum absolute atomic E-state index is 0.221. The van der Waals surface area contributed by atoms with E-state index in [1.165, 1.54) is 0 Å². The van der Waals surface area contributed by atoms with Gasteiger partial charge in [-0.3, -0.25) is 0 Å². The summed E-state index contributed by atoms with van der Waals surface area (Å²) in [6.45, 7) is 1.93. The maximum atomic E-state index is 5.72. The highest BCUT2D eigenvalue weighted by molar-refractivity contribution is 4.80. The van der Waals surface area contributed by atoms with E-state index in [1.54, 1.807) is 7.11 Å². The van der Waals surface area contributed by atoms with E-state index in [1.807, 2.05) is 0 Å². The van der Waals surface area contributed by atoms with Crippen LogP contribution in [0.15, 0.2) is 0 Å². The standard InChI is InChI=1S/C6H14N2O/c1-9-6-4-8-3-2-5(6)7/h5-6,8H,2-4,7H2,1H3. The highest BCUT2D eigenvalue weighted by Crippen LogP contribution is 2.02. The monoisotopic (exact) mass is 130 g/mol. The van der Waals surface area contributed by atoms with E-state index in [0.717, 1.165) is 19.5 Å². The van der Waals surface area contributed by atoms with Crippen LogP contribution in [0, 0.1) is 0 Å². The molecule has 1 rings (SSSR count). The van der Waals surface area contributed by atoms with Crippen LogP contribution in [0.3, 0.4) is 0 Å². The van der Waals surface area contributed by atoms with Gasteiger partial charge in [-0.15, -0.1) is 0 Å². The van der Waals surface area contributed by atoms with Crippen molar-refractivity contribution in [3.05, 3.63) is 0 Å². The van der Waals surface area contributed by atoms with Gasteiger partial charge in [0.25, 0.3) is 0 Å². The van der Waals surface area contributed by atoms with Crippen LogP contribution in [0.5, 0.6) is 0 Å². The third-order valence-electron chi connectivity index (χ3n) is 1.78. The van der Waals surface area contributed by atoms with E-state index in [0.29, 0.717) is 0 Å². The van der Waals surface area contributed by atoms with Gasteiger partial charge < -0.3 is 15.8 Å². The van der Waals surface area contributed by atoms with Gasteiger partial charge in [0.05, 0.1) is 6.10 Å². The molecule has 54 valence electrons. The Bertz CT molecular complexity index is 87.1. The van der Waals surface area contributed by atoms with Gasteiger partial charge in [0, 0.05) is 19.7 Å². The number of ether oxygens (including phenoxy) is 1. The van der Waals surface area contributed by atoms with Gasteiger partial charge in [0.1, 0.15) is 0 Å². The molecule has 0 radical (unpaired) electrons. The van der Waals surface area contributed by atoms with Crippen LogP contribution in [-0.4, -0.2) is 32.3 Å². The van der Waals surface area contributed by atoms with Crippen molar-refractivity contribution < 1.29 is 4.74 Å². The molecule has 1 saturated heterocycles. The summed E-state index contributed by atoms with van der Waals surface area (Å²) in [6, 6.07) is 0.233. The van der Waals surface area contributed by atoms with Crippen molar-refractivity contribution in [1.82, 2.24) is 5.32 Å². The number of nitrogens with two attached hydrogens (primary N) is 1. The van der Waals surface area contributed by atoms with Gasteiger partial charge >= 0.3 is 0 Å². The summed E-state index contributed by atoms with van der Waals surface area (Å²) < 4.78 is 5.12. The van der Waals surface area contributed by atoms with Crippen LogP contribution in [0.4, 0.5) is 0 Å². The number of hydrogen-bond acceptors (Lipinski definition) is 3. The first kappa shape index (κ1) is 6.99. The van der Waals surface area contributed by atoms with E-state index in [-0.39, 0.29) is 12.1 Å². The summed E-state index contributed by atoms with van der Waals surface area (Å²) in [5.74, 6) is 0. The van der Waals surface area contributed by atoms with Crippen LogP contribution >= 0.6 is 0 Å². The van der Waals surface area contributed by atoms with Crippen LogP contribution in [0.25, 0.3) is 0 Å². The van der Waals surface area contributed by atoms with Gasteiger partial charge in [-0.25, -0.2) is 0 Å². The Labute approximate surface area is 55.6 Å². The minimum Gasteiger partial charge on any atom is -0.379 e. The number of piperidine rings is 1. The van der Waals surface area contributed by atoms with Gasteiger partial charge in [-0.05, 0) is 13.0 Å². The fourth-order valence-corrected chi connectivity index (χ4v) is 1.11. The summed E-state index contributed by atoms with van der Waals surface area (Å²) in [5, 5.41) is 3.21. The topological polar surface area (TPSA) is 47.3 Å². The molecule has 0 aromatic rings. The van der Waals surface area contributed by atoms with Crippen LogP contribution < -0.4 is 11.1 Å². The smallest absolute Gasteiger partial charge is 0.0846 e. The highest BCUT2D eigenvalue weighted by Gasteiger charge is 2.19. The number of rotatable bonds is 1. The molecular formula is C6H14N2O. The van der Waals surface area contributed by atoms with Crippen LogP contribution in [0.2, 0.25) is 0 Å². The zero-order chi connectivity index (χ0) is 6.69. The minimum atomic E-state index is 0.221. The Morgan fingerprint density at radius 2 is 2.44 bits per heavy atom. The van der Waals surface area contributed by atoms with Crippen molar-refractivity contribution in [3.8, 4) is 0 Å². The van der Waals surface area contributed by atoms with Gasteiger partial charge in [-0.2, -0.15) is 0 Å². The van der Waals surface area contributed by atoms with Crippen LogP contribution in [-0.2, 0) is 4.74 Å². The molecule has 0 saturated carbocycles. The van der Waals surface area contributed by atoms with Crippen molar-refractivity contribution >= 4 is 0 Å². The lowest BCUT2D eigenvalue weighted by atomic mass is 10.1. The van der Waals surface area contributed by atoms with Gasteiger partial charge in [-0.1, -0.05) is 0 Å². The van der Waals surface area contributed by atoms with Crippen LogP contribution in [0.1, 0.15) is 6.42 Å². The Balaban J connectivity index is 2.30. The molecule has 1 fully saturated rings. The molecule has 1 aliphatic heterocycles. The zero-order valence-corrected chi connectivity index (χ0v) is 5.76. The average Bonchev–Trinajstić information content (AvgIpc) is 1.89. The molecule has 3 N–H and O–H groups in total.